The molecule has 1 N–H and O–H groups in total. The van der Waals surface area contributed by atoms with Gasteiger partial charge in [-0.1, -0.05) is 31.2 Å². The molecule has 0 aliphatic rings. The number of rotatable bonds is 7. The Labute approximate surface area is 108 Å². The largest absolute Gasteiger partial charge is 0.436 e. The molecule has 4 nitrogen and oxygen atoms in total. The number of carbonyl (C=O) groups excluding carboxylic acids is 1. The summed E-state index contributed by atoms with van der Waals surface area (Å²) in [6.45, 7) is 4.19. The minimum absolute atomic E-state index is 0.0773. The molecule has 0 aliphatic carbocycles. The van der Waals surface area contributed by atoms with Crippen LogP contribution in [0.3, 0.4) is 0 Å². The molecule has 0 saturated carbocycles. The third-order valence-electron chi connectivity index (χ3n) is 2.57. The van der Waals surface area contributed by atoms with Crippen molar-refractivity contribution < 1.29 is 19.4 Å². The van der Waals surface area contributed by atoms with Crippen LogP contribution >= 0.6 is 0 Å². The zero-order valence-corrected chi connectivity index (χ0v) is 10.9. The number of hydrogen-bond donors (Lipinski definition) is 1. The molecule has 0 bridgehead atoms. The van der Waals surface area contributed by atoms with Crippen LogP contribution in [0.4, 0.5) is 0 Å². The van der Waals surface area contributed by atoms with Crippen LogP contribution in [0.5, 0.6) is 0 Å². The molecule has 0 spiro atoms. The summed E-state index contributed by atoms with van der Waals surface area (Å²) in [5, 5.41) is 9.17. The summed E-state index contributed by atoms with van der Waals surface area (Å²) in [7, 11) is 0. The lowest BCUT2D eigenvalue weighted by molar-refractivity contribution is -0.177. The van der Waals surface area contributed by atoms with Crippen molar-refractivity contribution in [1.82, 2.24) is 0 Å². The number of benzene rings is 1. The summed E-state index contributed by atoms with van der Waals surface area (Å²) in [6.07, 6.45) is 0.297. The third-order valence-corrected chi connectivity index (χ3v) is 2.57. The highest BCUT2D eigenvalue weighted by Gasteiger charge is 2.14. The molecule has 1 atom stereocenters. The smallest absolute Gasteiger partial charge is 0.312 e. The van der Waals surface area contributed by atoms with Crippen LogP contribution < -0.4 is 0 Å². The Morgan fingerprint density at radius 3 is 2.50 bits per heavy atom. The third kappa shape index (κ3) is 4.47. The highest BCUT2D eigenvalue weighted by atomic mass is 16.7. The Balaban J connectivity index is 2.58. The van der Waals surface area contributed by atoms with Gasteiger partial charge in [-0.15, -0.1) is 0 Å². The van der Waals surface area contributed by atoms with Gasteiger partial charge in [0.1, 0.15) is 0 Å². The molecule has 0 fully saturated rings. The molecule has 0 saturated heterocycles. The van der Waals surface area contributed by atoms with Gasteiger partial charge in [0.25, 0.3) is 0 Å². The first kappa shape index (κ1) is 14.7. The summed E-state index contributed by atoms with van der Waals surface area (Å²) >= 11 is 0. The van der Waals surface area contributed by atoms with Gasteiger partial charge in [0, 0.05) is 13.0 Å². The zero-order valence-electron chi connectivity index (χ0n) is 10.9. The second-order valence-electron chi connectivity index (χ2n) is 3.89. The van der Waals surface area contributed by atoms with E-state index in [1.165, 1.54) is 0 Å². The van der Waals surface area contributed by atoms with E-state index >= 15 is 0 Å². The molecule has 0 radical (unpaired) electrons. The van der Waals surface area contributed by atoms with E-state index in [2.05, 4.69) is 0 Å². The van der Waals surface area contributed by atoms with Gasteiger partial charge in [0.05, 0.1) is 13.0 Å². The molecule has 1 rings (SSSR count). The molecule has 0 aromatic heterocycles. The monoisotopic (exact) mass is 252 g/mol. The number of hydrogen-bond acceptors (Lipinski definition) is 4. The van der Waals surface area contributed by atoms with Gasteiger partial charge >= 0.3 is 5.97 Å². The lowest BCUT2D eigenvalue weighted by Gasteiger charge is -2.16. The van der Waals surface area contributed by atoms with Crippen molar-refractivity contribution in [3.8, 4) is 0 Å². The van der Waals surface area contributed by atoms with E-state index in [1.807, 2.05) is 32.0 Å². The number of ether oxygens (including phenoxy) is 2. The fourth-order valence-corrected chi connectivity index (χ4v) is 1.65. The van der Waals surface area contributed by atoms with E-state index in [9.17, 15) is 4.79 Å². The van der Waals surface area contributed by atoms with Gasteiger partial charge < -0.3 is 14.6 Å². The van der Waals surface area contributed by atoms with Crippen LogP contribution in [0.2, 0.25) is 0 Å². The molecule has 0 heterocycles. The van der Waals surface area contributed by atoms with Crippen LogP contribution in [0.15, 0.2) is 24.3 Å². The fourth-order valence-electron chi connectivity index (χ4n) is 1.65. The number of esters is 1. The van der Waals surface area contributed by atoms with Crippen molar-refractivity contribution in [2.24, 2.45) is 0 Å². The van der Waals surface area contributed by atoms with Crippen LogP contribution in [-0.4, -0.2) is 24.0 Å². The average molecular weight is 252 g/mol. The topological polar surface area (TPSA) is 55.8 Å². The van der Waals surface area contributed by atoms with Crippen molar-refractivity contribution in [3.63, 3.8) is 0 Å². The minimum atomic E-state index is -0.483. The first-order chi connectivity index (χ1) is 8.71. The molecule has 100 valence electrons. The first-order valence-corrected chi connectivity index (χ1v) is 6.20. The Hall–Kier alpha value is -1.39. The fraction of sp³-hybridized carbons (Fsp3) is 0.500. The molecular weight excluding hydrogens is 232 g/mol. The molecule has 0 aliphatic heterocycles. The van der Waals surface area contributed by atoms with Crippen molar-refractivity contribution in [1.29, 1.82) is 0 Å². The lowest BCUT2D eigenvalue weighted by Crippen LogP contribution is -2.22. The number of aliphatic hydroxyl groups excluding tert-OH is 1. The van der Waals surface area contributed by atoms with Crippen molar-refractivity contribution >= 4 is 5.97 Å². The Bertz CT molecular complexity index is 376. The van der Waals surface area contributed by atoms with E-state index in [1.54, 1.807) is 6.07 Å². The maximum absolute atomic E-state index is 11.7. The minimum Gasteiger partial charge on any atom is -0.436 e. The van der Waals surface area contributed by atoms with E-state index in [0.29, 0.717) is 13.0 Å². The molecule has 1 unspecified atom stereocenters. The summed E-state index contributed by atoms with van der Waals surface area (Å²) in [5.74, 6) is -0.337. The maximum atomic E-state index is 11.7. The Morgan fingerprint density at radius 2 is 1.94 bits per heavy atom. The highest BCUT2D eigenvalue weighted by molar-refractivity contribution is 5.73. The van der Waals surface area contributed by atoms with Crippen LogP contribution in [-0.2, 0) is 27.3 Å². The number of carbonyl (C=O) groups is 1. The SMILES string of the molecule is CCOC(CC)OC(=O)Cc1ccccc1CO. The van der Waals surface area contributed by atoms with Crippen molar-refractivity contribution in [2.75, 3.05) is 6.61 Å². The van der Waals surface area contributed by atoms with Gasteiger partial charge in [-0.25, -0.2) is 0 Å². The normalized spacial score (nSPS) is 12.2. The molecule has 1 aromatic carbocycles. The van der Waals surface area contributed by atoms with Crippen molar-refractivity contribution in [2.45, 2.75) is 39.6 Å². The van der Waals surface area contributed by atoms with Crippen LogP contribution in [0.1, 0.15) is 31.4 Å². The second-order valence-corrected chi connectivity index (χ2v) is 3.89. The second kappa shape index (κ2) is 7.84. The van der Waals surface area contributed by atoms with Gasteiger partial charge in [-0.05, 0) is 18.1 Å². The van der Waals surface area contributed by atoms with Crippen LogP contribution in [0.25, 0.3) is 0 Å². The van der Waals surface area contributed by atoms with Gasteiger partial charge in [-0.3, -0.25) is 4.79 Å². The predicted molar refractivity (Wildman–Crippen MR) is 67.9 cm³/mol. The molecule has 4 heteroatoms. The van der Waals surface area contributed by atoms with Crippen molar-refractivity contribution in [3.05, 3.63) is 35.4 Å². The van der Waals surface area contributed by atoms with Gasteiger partial charge in [0.2, 0.25) is 6.29 Å². The zero-order chi connectivity index (χ0) is 13.4. The Morgan fingerprint density at radius 1 is 1.28 bits per heavy atom. The molecule has 0 amide bonds. The maximum Gasteiger partial charge on any atom is 0.312 e. The summed E-state index contributed by atoms with van der Waals surface area (Å²) in [4.78, 5) is 11.7. The summed E-state index contributed by atoms with van der Waals surface area (Å²) < 4.78 is 10.5. The Kier molecular flexibility index (Phi) is 6.39. The standard InChI is InChI=1S/C14H20O4/c1-3-14(17-4-2)18-13(16)9-11-7-5-6-8-12(11)10-15/h5-8,14-15H,3-4,9-10H2,1-2H3. The summed E-state index contributed by atoms with van der Waals surface area (Å²) in [5.41, 5.74) is 1.54. The molecule has 18 heavy (non-hydrogen) atoms. The van der Waals surface area contributed by atoms with Crippen LogP contribution in [0, 0.1) is 0 Å². The number of aliphatic hydroxyl groups is 1. The van der Waals surface area contributed by atoms with E-state index in [4.69, 9.17) is 14.6 Å². The lowest BCUT2D eigenvalue weighted by atomic mass is 10.1. The first-order valence-electron chi connectivity index (χ1n) is 6.20. The quantitative estimate of drug-likeness (QED) is 0.596. The predicted octanol–water partition coefficient (Wildman–Crippen LogP) is 2.04. The average Bonchev–Trinajstić information content (AvgIpc) is 2.38. The van der Waals surface area contributed by atoms with E-state index in [0.717, 1.165) is 11.1 Å². The van der Waals surface area contributed by atoms with E-state index < -0.39 is 6.29 Å². The summed E-state index contributed by atoms with van der Waals surface area (Å²) in [6, 6.07) is 7.27. The van der Waals surface area contributed by atoms with Gasteiger partial charge in [-0.2, -0.15) is 0 Å². The van der Waals surface area contributed by atoms with Gasteiger partial charge in [0.15, 0.2) is 0 Å². The highest BCUT2D eigenvalue weighted by Crippen LogP contribution is 2.11. The molecule has 1 aromatic rings. The molecular formula is C14H20O4. The van der Waals surface area contributed by atoms with E-state index in [-0.39, 0.29) is 19.0 Å².